The maximum Gasteiger partial charge on any atom is 0.409 e. The summed E-state index contributed by atoms with van der Waals surface area (Å²) in [5.41, 5.74) is 0.307. The van der Waals surface area contributed by atoms with Crippen molar-refractivity contribution in [3.05, 3.63) is 47.8 Å². The summed E-state index contributed by atoms with van der Waals surface area (Å²) in [5.74, 6) is -2.14. The zero-order valence-corrected chi connectivity index (χ0v) is 15.2. The zero-order valence-electron chi connectivity index (χ0n) is 15.2. The fourth-order valence-electron chi connectivity index (χ4n) is 2.68. The first-order chi connectivity index (χ1) is 13.5. The second-order valence-corrected chi connectivity index (χ2v) is 6.03. The Morgan fingerprint density at radius 1 is 1.11 bits per heavy atom. The van der Waals surface area contributed by atoms with Crippen molar-refractivity contribution in [2.75, 3.05) is 43.0 Å². The van der Waals surface area contributed by atoms with Crippen LogP contribution in [0.15, 0.2) is 30.6 Å². The fraction of sp³-hybridized carbons (Fsp3) is 0.333. The van der Waals surface area contributed by atoms with Crippen LogP contribution >= 0.6 is 0 Å². The molecule has 1 saturated heterocycles. The van der Waals surface area contributed by atoms with Crippen LogP contribution in [-0.2, 0) is 4.74 Å². The van der Waals surface area contributed by atoms with Gasteiger partial charge >= 0.3 is 6.09 Å². The Hall–Kier alpha value is -3.30. The number of ether oxygens (including phenoxy) is 1. The van der Waals surface area contributed by atoms with Gasteiger partial charge in [0.15, 0.2) is 11.6 Å². The van der Waals surface area contributed by atoms with E-state index >= 15 is 0 Å². The zero-order chi connectivity index (χ0) is 20.1. The Labute approximate surface area is 160 Å². The van der Waals surface area contributed by atoms with E-state index in [0.717, 1.165) is 12.1 Å². The number of piperazine rings is 1. The second kappa shape index (κ2) is 8.59. The molecule has 0 spiro atoms. The summed E-state index contributed by atoms with van der Waals surface area (Å²) in [4.78, 5) is 35.8. The van der Waals surface area contributed by atoms with Gasteiger partial charge in [0.2, 0.25) is 5.95 Å². The molecule has 28 heavy (non-hydrogen) atoms. The summed E-state index contributed by atoms with van der Waals surface area (Å²) in [6, 6.07) is 3.08. The maximum atomic E-state index is 13.2. The van der Waals surface area contributed by atoms with E-state index in [1.807, 2.05) is 4.90 Å². The highest BCUT2D eigenvalue weighted by Gasteiger charge is 2.23. The summed E-state index contributed by atoms with van der Waals surface area (Å²) in [6.07, 6.45) is 2.37. The molecule has 2 amide bonds. The molecule has 1 aromatic carbocycles. The summed E-state index contributed by atoms with van der Waals surface area (Å²) in [7, 11) is 0. The van der Waals surface area contributed by atoms with Crippen molar-refractivity contribution < 1.29 is 23.1 Å². The molecule has 0 saturated carbocycles. The molecule has 2 aromatic rings. The monoisotopic (exact) mass is 391 g/mol. The Morgan fingerprint density at radius 3 is 2.39 bits per heavy atom. The van der Waals surface area contributed by atoms with Crippen molar-refractivity contribution in [2.45, 2.75) is 6.92 Å². The van der Waals surface area contributed by atoms with E-state index < -0.39 is 17.5 Å². The standard InChI is InChI=1S/C18H19F2N5O3/c1-2-28-18(27)25-7-5-24(6-8-25)17-21-10-12(11-22-17)16(26)23-13-3-4-14(19)15(20)9-13/h3-4,9-11H,2,5-8H2,1H3,(H,23,26). The predicted octanol–water partition coefficient (Wildman–Crippen LogP) is 2.29. The van der Waals surface area contributed by atoms with Gasteiger partial charge in [0.1, 0.15) is 0 Å². The fourth-order valence-corrected chi connectivity index (χ4v) is 2.68. The minimum atomic E-state index is -1.05. The Morgan fingerprint density at radius 2 is 1.79 bits per heavy atom. The number of hydrogen-bond donors (Lipinski definition) is 1. The molecule has 1 aliphatic rings. The van der Waals surface area contributed by atoms with E-state index in [4.69, 9.17) is 4.74 Å². The summed E-state index contributed by atoms with van der Waals surface area (Å²) < 4.78 is 31.1. The molecular formula is C18H19F2N5O3. The average molecular weight is 391 g/mol. The van der Waals surface area contributed by atoms with Crippen LogP contribution in [0.3, 0.4) is 0 Å². The van der Waals surface area contributed by atoms with Gasteiger partial charge in [-0.05, 0) is 19.1 Å². The van der Waals surface area contributed by atoms with Gasteiger partial charge in [0.05, 0.1) is 12.2 Å². The molecule has 0 unspecified atom stereocenters. The van der Waals surface area contributed by atoms with E-state index in [0.29, 0.717) is 38.7 Å². The lowest BCUT2D eigenvalue weighted by Gasteiger charge is -2.33. The van der Waals surface area contributed by atoms with Gasteiger partial charge in [0, 0.05) is 50.3 Å². The summed E-state index contributed by atoms with van der Waals surface area (Å²) >= 11 is 0. The largest absolute Gasteiger partial charge is 0.450 e. The molecule has 1 aromatic heterocycles. The lowest BCUT2D eigenvalue weighted by atomic mass is 10.2. The van der Waals surface area contributed by atoms with Gasteiger partial charge < -0.3 is 19.9 Å². The lowest BCUT2D eigenvalue weighted by Crippen LogP contribution is -2.49. The van der Waals surface area contributed by atoms with Gasteiger partial charge in [-0.25, -0.2) is 23.5 Å². The second-order valence-electron chi connectivity index (χ2n) is 6.03. The first kappa shape index (κ1) is 19.5. The van der Waals surface area contributed by atoms with Crippen molar-refractivity contribution in [3.8, 4) is 0 Å². The number of carbonyl (C=O) groups is 2. The molecular weight excluding hydrogens is 372 g/mol. The van der Waals surface area contributed by atoms with E-state index in [2.05, 4.69) is 15.3 Å². The number of aromatic nitrogens is 2. The Kier molecular flexibility index (Phi) is 5.97. The van der Waals surface area contributed by atoms with Gasteiger partial charge in [-0.1, -0.05) is 0 Å². The average Bonchev–Trinajstić information content (AvgIpc) is 2.71. The molecule has 3 rings (SSSR count). The molecule has 1 N–H and O–H groups in total. The number of rotatable bonds is 4. The van der Waals surface area contributed by atoms with Crippen LogP contribution in [-0.4, -0.2) is 59.7 Å². The smallest absolute Gasteiger partial charge is 0.409 e. The van der Waals surface area contributed by atoms with Crippen LogP contribution in [0.1, 0.15) is 17.3 Å². The van der Waals surface area contributed by atoms with Gasteiger partial charge in [0.25, 0.3) is 5.91 Å². The number of carbonyl (C=O) groups excluding carboxylic acids is 2. The molecule has 2 heterocycles. The molecule has 10 heteroatoms. The summed E-state index contributed by atoms with van der Waals surface area (Å²) in [6.45, 7) is 4.14. The highest BCUT2D eigenvalue weighted by molar-refractivity contribution is 6.03. The molecule has 8 nitrogen and oxygen atoms in total. The number of hydrogen-bond acceptors (Lipinski definition) is 6. The van der Waals surface area contributed by atoms with Gasteiger partial charge in [-0.2, -0.15) is 0 Å². The normalized spacial score (nSPS) is 14.0. The van der Waals surface area contributed by atoms with E-state index in [1.54, 1.807) is 11.8 Å². The maximum absolute atomic E-state index is 13.2. The lowest BCUT2D eigenvalue weighted by molar-refractivity contribution is 0.102. The molecule has 0 aliphatic carbocycles. The van der Waals surface area contributed by atoms with Crippen LogP contribution in [0.25, 0.3) is 0 Å². The minimum Gasteiger partial charge on any atom is -0.450 e. The number of anilines is 2. The van der Waals surface area contributed by atoms with Crippen LogP contribution < -0.4 is 10.2 Å². The topological polar surface area (TPSA) is 87.7 Å². The third-order valence-electron chi connectivity index (χ3n) is 4.17. The third kappa shape index (κ3) is 4.51. The Bertz CT molecular complexity index is 855. The predicted molar refractivity (Wildman–Crippen MR) is 97.2 cm³/mol. The molecule has 1 fully saturated rings. The highest BCUT2D eigenvalue weighted by Crippen LogP contribution is 2.15. The number of nitrogens with one attached hydrogen (secondary N) is 1. The van der Waals surface area contributed by atoms with Crippen molar-refractivity contribution in [1.82, 2.24) is 14.9 Å². The highest BCUT2D eigenvalue weighted by atomic mass is 19.2. The van der Waals surface area contributed by atoms with Crippen molar-refractivity contribution in [2.24, 2.45) is 0 Å². The van der Waals surface area contributed by atoms with Crippen molar-refractivity contribution in [3.63, 3.8) is 0 Å². The number of nitrogens with zero attached hydrogens (tertiary/aromatic N) is 4. The molecule has 0 radical (unpaired) electrons. The summed E-state index contributed by atoms with van der Waals surface area (Å²) in [5, 5.41) is 2.46. The van der Waals surface area contributed by atoms with Crippen molar-refractivity contribution in [1.29, 1.82) is 0 Å². The van der Waals surface area contributed by atoms with E-state index in [9.17, 15) is 18.4 Å². The van der Waals surface area contributed by atoms with Crippen LogP contribution in [0.2, 0.25) is 0 Å². The molecule has 0 bridgehead atoms. The SMILES string of the molecule is CCOC(=O)N1CCN(c2ncc(C(=O)Nc3ccc(F)c(F)c3)cn2)CC1. The van der Waals surface area contributed by atoms with E-state index in [-0.39, 0.29) is 17.3 Å². The number of halogens is 2. The van der Waals surface area contributed by atoms with Crippen LogP contribution in [0.4, 0.5) is 25.2 Å². The molecule has 1 aliphatic heterocycles. The number of benzene rings is 1. The Balaban J connectivity index is 1.58. The quantitative estimate of drug-likeness (QED) is 0.861. The van der Waals surface area contributed by atoms with Crippen LogP contribution in [0, 0.1) is 11.6 Å². The van der Waals surface area contributed by atoms with E-state index in [1.165, 1.54) is 18.5 Å². The molecule has 0 atom stereocenters. The molecule has 148 valence electrons. The first-order valence-electron chi connectivity index (χ1n) is 8.73. The first-order valence-corrected chi connectivity index (χ1v) is 8.73. The van der Waals surface area contributed by atoms with Gasteiger partial charge in [-0.3, -0.25) is 4.79 Å². The third-order valence-corrected chi connectivity index (χ3v) is 4.17. The van der Waals surface area contributed by atoms with Gasteiger partial charge in [-0.15, -0.1) is 0 Å². The van der Waals surface area contributed by atoms with Crippen LogP contribution in [0.5, 0.6) is 0 Å². The minimum absolute atomic E-state index is 0.128. The van der Waals surface area contributed by atoms with Crippen molar-refractivity contribution >= 4 is 23.6 Å². The number of amides is 2.